The topological polar surface area (TPSA) is 41.3 Å². The number of hydrogen-bond donors (Lipinski definition) is 2. The highest BCUT2D eigenvalue weighted by Crippen LogP contribution is 2.36. The van der Waals surface area contributed by atoms with Crippen molar-refractivity contribution in [2.24, 2.45) is 5.84 Å². The molecule has 1 fully saturated rings. The fourth-order valence-corrected chi connectivity index (χ4v) is 3.78. The molecule has 0 amide bonds. The summed E-state index contributed by atoms with van der Waals surface area (Å²) in [6.45, 7) is 0. The van der Waals surface area contributed by atoms with Gasteiger partial charge in [0.1, 0.15) is 5.82 Å². The minimum atomic E-state index is -0.377. The Kier molecular flexibility index (Phi) is 5.60. The predicted octanol–water partition coefficient (Wildman–Crippen LogP) is 3.12. The number of halogens is 2. The normalized spacial score (nSPS) is 19.7. The summed E-state index contributed by atoms with van der Waals surface area (Å²) in [6.07, 6.45) is 6.73. The molecule has 1 unspecified atom stereocenters. The molecule has 1 aliphatic carbocycles. The molecule has 1 aliphatic rings. The fraction of sp³-hybridized carbons (Fsp3) is 0.625. The molecule has 3 nitrogen and oxygen atoms in total. The zero-order valence-electron chi connectivity index (χ0n) is 12.8. The van der Waals surface area contributed by atoms with Crippen molar-refractivity contribution in [3.63, 3.8) is 0 Å². The third-order valence-electron chi connectivity index (χ3n) is 4.88. The quantitative estimate of drug-likeness (QED) is 0.648. The average molecular weight is 314 g/mol. The summed E-state index contributed by atoms with van der Waals surface area (Å²) in [6, 6.07) is 5.04. The first kappa shape index (κ1) is 16.7. The van der Waals surface area contributed by atoms with Crippen molar-refractivity contribution in [2.75, 3.05) is 14.1 Å². The smallest absolute Gasteiger partial charge is 0.141 e. The molecule has 1 saturated carbocycles. The first-order valence-electron chi connectivity index (χ1n) is 7.57. The van der Waals surface area contributed by atoms with Crippen LogP contribution in [-0.4, -0.2) is 30.6 Å². The molecule has 0 saturated heterocycles. The molecule has 1 atom stereocenters. The van der Waals surface area contributed by atoms with Crippen LogP contribution in [0.25, 0.3) is 0 Å². The van der Waals surface area contributed by atoms with Crippen molar-refractivity contribution in [1.29, 1.82) is 0 Å². The maximum Gasteiger partial charge on any atom is 0.141 e. The van der Waals surface area contributed by atoms with Crippen LogP contribution in [0.1, 0.15) is 37.7 Å². The fourth-order valence-electron chi connectivity index (χ4n) is 3.58. The molecule has 3 N–H and O–H groups in total. The molecule has 21 heavy (non-hydrogen) atoms. The van der Waals surface area contributed by atoms with Crippen LogP contribution in [0.5, 0.6) is 0 Å². The van der Waals surface area contributed by atoms with E-state index in [0.717, 1.165) is 24.8 Å². The van der Waals surface area contributed by atoms with Crippen molar-refractivity contribution < 1.29 is 4.39 Å². The van der Waals surface area contributed by atoms with Gasteiger partial charge in [-0.3, -0.25) is 11.3 Å². The molecule has 0 aromatic heterocycles. The number of hydrazine groups is 1. The van der Waals surface area contributed by atoms with Gasteiger partial charge in [-0.25, -0.2) is 4.39 Å². The SMILES string of the molecule is CN(C)C1(C(Cc2ccc(F)c(Cl)c2)NN)CCCCC1. The van der Waals surface area contributed by atoms with Crippen LogP contribution < -0.4 is 11.3 Å². The third-order valence-corrected chi connectivity index (χ3v) is 5.17. The van der Waals surface area contributed by atoms with Gasteiger partial charge in [-0.15, -0.1) is 0 Å². The lowest BCUT2D eigenvalue weighted by Gasteiger charge is -2.48. The molecule has 0 heterocycles. The van der Waals surface area contributed by atoms with Crippen LogP contribution in [0.2, 0.25) is 5.02 Å². The Morgan fingerprint density at radius 2 is 2.00 bits per heavy atom. The van der Waals surface area contributed by atoms with Crippen LogP contribution in [0, 0.1) is 5.82 Å². The molecular weight excluding hydrogens is 289 g/mol. The maximum absolute atomic E-state index is 13.3. The molecule has 2 rings (SSSR count). The molecule has 0 aliphatic heterocycles. The summed E-state index contributed by atoms with van der Waals surface area (Å²) in [7, 11) is 4.24. The molecule has 118 valence electrons. The highest BCUT2D eigenvalue weighted by molar-refractivity contribution is 6.30. The maximum atomic E-state index is 13.3. The van der Waals surface area contributed by atoms with E-state index >= 15 is 0 Å². The highest BCUT2D eigenvalue weighted by Gasteiger charge is 2.41. The van der Waals surface area contributed by atoms with E-state index in [-0.39, 0.29) is 22.4 Å². The van der Waals surface area contributed by atoms with E-state index in [1.807, 2.05) is 0 Å². The monoisotopic (exact) mass is 313 g/mol. The first-order chi connectivity index (χ1) is 9.99. The van der Waals surface area contributed by atoms with E-state index in [0.29, 0.717) is 0 Å². The van der Waals surface area contributed by atoms with E-state index < -0.39 is 0 Å². The summed E-state index contributed by atoms with van der Waals surface area (Å²) in [5, 5.41) is 0.172. The summed E-state index contributed by atoms with van der Waals surface area (Å²) >= 11 is 5.89. The zero-order chi connectivity index (χ0) is 15.5. The average Bonchev–Trinajstić information content (AvgIpc) is 2.49. The summed E-state index contributed by atoms with van der Waals surface area (Å²) in [5.41, 5.74) is 4.06. The number of likely N-dealkylation sites (N-methyl/N-ethyl adjacent to an activating group) is 1. The van der Waals surface area contributed by atoms with Crippen LogP contribution in [0.15, 0.2) is 18.2 Å². The van der Waals surface area contributed by atoms with Crippen LogP contribution in [0.4, 0.5) is 4.39 Å². The van der Waals surface area contributed by atoms with E-state index in [2.05, 4.69) is 24.4 Å². The van der Waals surface area contributed by atoms with Crippen molar-refractivity contribution in [3.05, 3.63) is 34.6 Å². The van der Waals surface area contributed by atoms with Crippen molar-refractivity contribution in [2.45, 2.75) is 50.1 Å². The van der Waals surface area contributed by atoms with E-state index in [1.165, 1.54) is 25.3 Å². The number of nitrogens with zero attached hydrogens (tertiary/aromatic N) is 1. The van der Waals surface area contributed by atoms with E-state index in [4.69, 9.17) is 17.4 Å². The Bertz CT molecular complexity index is 473. The van der Waals surface area contributed by atoms with Crippen molar-refractivity contribution in [3.8, 4) is 0 Å². The van der Waals surface area contributed by atoms with E-state index in [1.54, 1.807) is 12.1 Å². The molecule has 5 heteroatoms. The molecular formula is C16H25ClFN3. The summed E-state index contributed by atoms with van der Waals surface area (Å²) in [4.78, 5) is 2.29. The van der Waals surface area contributed by atoms with Gasteiger partial charge < -0.3 is 4.90 Å². The minimum Gasteiger partial charge on any atom is -0.302 e. The van der Waals surface area contributed by atoms with E-state index in [9.17, 15) is 4.39 Å². The minimum absolute atomic E-state index is 0.0495. The second-order valence-corrected chi connectivity index (χ2v) is 6.64. The van der Waals surface area contributed by atoms with Gasteiger partial charge in [-0.1, -0.05) is 36.9 Å². The van der Waals surface area contributed by atoms with Gasteiger partial charge in [0.15, 0.2) is 0 Å². The lowest BCUT2D eigenvalue weighted by molar-refractivity contribution is 0.0569. The van der Waals surface area contributed by atoms with Crippen molar-refractivity contribution >= 4 is 11.6 Å². The Labute approximate surface area is 131 Å². The third kappa shape index (κ3) is 3.57. The molecule has 0 radical (unpaired) electrons. The van der Waals surface area contributed by atoms with Gasteiger partial charge in [-0.2, -0.15) is 0 Å². The number of nitrogens with two attached hydrogens (primary N) is 1. The Morgan fingerprint density at radius 1 is 1.33 bits per heavy atom. The van der Waals surface area contributed by atoms with Crippen LogP contribution in [0.3, 0.4) is 0 Å². The highest BCUT2D eigenvalue weighted by atomic mass is 35.5. The number of hydrogen-bond acceptors (Lipinski definition) is 3. The summed E-state index contributed by atoms with van der Waals surface area (Å²) in [5.74, 6) is 5.48. The van der Waals surface area contributed by atoms with Crippen LogP contribution in [-0.2, 0) is 6.42 Å². The number of nitrogens with one attached hydrogen (secondary N) is 1. The number of rotatable bonds is 5. The number of benzene rings is 1. The van der Waals surface area contributed by atoms with Crippen LogP contribution >= 0.6 is 11.6 Å². The second-order valence-electron chi connectivity index (χ2n) is 6.23. The van der Waals surface area contributed by atoms with Gasteiger partial charge in [0, 0.05) is 11.6 Å². The largest absolute Gasteiger partial charge is 0.302 e. The molecule has 0 spiro atoms. The standard InChI is InChI=1S/C16H25ClFN3/c1-21(2)16(8-4-3-5-9-16)15(20-19)11-12-6-7-14(18)13(17)10-12/h6-7,10,15,20H,3-5,8-9,11,19H2,1-2H3. The van der Waals surface area contributed by atoms with Gasteiger partial charge in [0.2, 0.25) is 0 Å². The van der Waals surface area contributed by atoms with Gasteiger partial charge in [0.25, 0.3) is 0 Å². The van der Waals surface area contributed by atoms with Gasteiger partial charge in [0.05, 0.1) is 5.02 Å². The lowest BCUT2D eigenvalue weighted by Crippen LogP contribution is -2.62. The molecule has 1 aromatic rings. The zero-order valence-corrected chi connectivity index (χ0v) is 13.6. The first-order valence-corrected chi connectivity index (χ1v) is 7.95. The molecule has 1 aromatic carbocycles. The second kappa shape index (κ2) is 7.05. The molecule has 0 bridgehead atoms. The van der Waals surface area contributed by atoms with Gasteiger partial charge in [-0.05, 0) is 51.1 Å². The van der Waals surface area contributed by atoms with Crippen molar-refractivity contribution in [1.82, 2.24) is 10.3 Å². The predicted molar refractivity (Wildman–Crippen MR) is 85.7 cm³/mol. The summed E-state index contributed by atoms with van der Waals surface area (Å²) < 4.78 is 13.3. The Hall–Kier alpha value is -0.680. The van der Waals surface area contributed by atoms with Gasteiger partial charge >= 0.3 is 0 Å². The lowest BCUT2D eigenvalue weighted by atomic mass is 9.73. The Morgan fingerprint density at radius 3 is 2.52 bits per heavy atom. The Balaban J connectivity index is 2.22.